The molecule has 1 aliphatic heterocycles. The van der Waals surface area contributed by atoms with Gasteiger partial charge in [-0.1, -0.05) is 30.4 Å². The van der Waals surface area contributed by atoms with Gasteiger partial charge in [0, 0.05) is 18.0 Å². The third-order valence-corrected chi connectivity index (χ3v) is 3.67. The zero-order chi connectivity index (χ0) is 14.1. The third kappa shape index (κ3) is 2.10. The Balaban J connectivity index is 2.23. The summed E-state index contributed by atoms with van der Waals surface area (Å²) in [4.78, 5) is 10.7. The van der Waals surface area contributed by atoms with Crippen molar-refractivity contribution in [3.05, 3.63) is 54.0 Å². The van der Waals surface area contributed by atoms with Crippen molar-refractivity contribution in [1.82, 2.24) is 4.98 Å². The Labute approximate surface area is 121 Å². The van der Waals surface area contributed by atoms with Crippen LogP contribution >= 0.6 is 12.2 Å². The van der Waals surface area contributed by atoms with Crippen LogP contribution in [0.25, 0.3) is 0 Å². The molecule has 3 rings (SSSR count). The molecule has 0 fully saturated rings. The van der Waals surface area contributed by atoms with Gasteiger partial charge >= 0.3 is 0 Å². The van der Waals surface area contributed by atoms with Gasteiger partial charge in [-0.2, -0.15) is 0 Å². The molecular weight excluding hydrogens is 273 g/mol. The number of para-hydroxylation sites is 1. The number of benzodiazepines with no additional fused rings is 1. The predicted molar refractivity (Wildman–Crippen MR) is 82.4 cm³/mol. The van der Waals surface area contributed by atoms with E-state index in [0.29, 0.717) is 4.99 Å². The Bertz CT molecular complexity index is 699. The maximum Gasteiger partial charge on any atom is 0.174 e. The fourth-order valence-electron chi connectivity index (χ4n) is 2.12. The highest BCUT2D eigenvalue weighted by Gasteiger charge is 2.26. The molecule has 0 bridgehead atoms. The van der Waals surface area contributed by atoms with Gasteiger partial charge in [-0.15, -0.1) is 0 Å². The van der Waals surface area contributed by atoms with Gasteiger partial charge in [0.2, 0.25) is 0 Å². The van der Waals surface area contributed by atoms with Crippen molar-refractivity contribution in [2.24, 2.45) is 4.99 Å². The van der Waals surface area contributed by atoms with Crippen molar-refractivity contribution < 1.29 is 4.39 Å². The molecule has 0 spiro atoms. The van der Waals surface area contributed by atoms with Crippen LogP contribution in [-0.2, 0) is 0 Å². The summed E-state index contributed by atoms with van der Waals surface area (Å²) in [5, 5.41) is 0. The van der Waals surface area contributed by atoms with E-state index in [1.165, 1.54) is 6.07 Å². The molecule has 0 saturated carbocycles. The number of hydrogen-bond acceptors (Lipinski definition) is 3. The average molecular weight is 285 g/mol. The number of thiocarbonyl (C=S) groups is 1. The number of benzene rings is 1. The molecule has 1 aromatic carbocycles. The van der Waals surface area contributed by atoms with Gasteiger partial charge in [-0.05, 0) is 25.1 Å². The van der Waals surface area contributed by atoms with Gasteiger partial charge in [0.1, 0.15) is 4.99 Å². The first-order valence-corrected chi connectivity index (χ1v) is 6.66. The molecular formula is C15H12FN3S. The molecule has 0 N–H and O–H groups in total. The first-order chi connectivity index (χ1) is 9.68. The minimum Gasteiger partial charge on any atom is -0.284 e. The zero-order valence-electron chi connectivity index (χ0n) is 10.8. The normalized spacial score (nSPS) is 17.8. The molecule has 5 heteroatoms. The van der Waals surface area contributed by atoms with Gasteiger partial charge in [0.25, 0.3) is 0 Å². The van der Waals surface area contributed by atoms with Crippen molar-refractivity contribution in [3.8, 4) is 0 Å². The molecule has 1 unspecified atom stereocenters. The van der Waals surface area contributed by atoms with Crippen molar-refractivity contribution in [2.75, 3.05) is 4.90 Å². The Morgan fingerprint density at radius 3 is 2.80 bits per heavy atom. The summed E-state index contributed by atoms with van der Waals surface area (Å²) < 4.78 is 14.1. The first kappa shape index (κ1) is 12.9. The number of anilines is 2. The van der Waals surface area contributed by atoms with Crippen molar-refractivity contribution in [1.29, 1.82) is 0 Å². The number of hydrogen-bond donors (Lipinski definition) is 0. The summed E-state index contributed by atoms with van der Waals surface area (Å²) in [6.45, 7) is 1.89. The minimum absolute atomic E-state index is 0.209. The third-order valence-electron chi connectivity index (χ3n) is 3.14. The van der Waals surface area contributed by atoms with Crippen LogP contribution in [0.5, 0.6) is 0 Å². The van der Waals surface area contributed by atoms with Crippen LogP contribution in [0.1, 0.15) is 12.5 Å². The fourth-order valence-corrected chi connectivity index (χ4v) is 2.37. The monoisotopic (exact) mass is 285 g/mol. The molecule has 0 aliphatic carbocycles. The Morgan fingerprint density at radius 1 is 1.20 bits per heavy atom. The highest BCUT2D eigenvalue weighted by Crippen LogP contribution is 2.31. The lowest BCUT2D eigenvalue weighted by Crippen LogP contribution is -2.32. The van der Waals surface area contributed by atoms with E-state index < -0.39 is 5.82 Å². The van der Waals surface area contributed by atoms with E-state index in [4.69, 9.17) is 12.2 Å². The number of halogens is 1. The zero-order valence-corrected chi connectivity index (χ0v) is 11.6. The number of aliphatic imine (C=N–C) groups is 1. The van der Waals surface area contributed by atoms with Gasteiger partial charge in [-0.3, -0.25) is 9.89 Å². The lowest BCUT2D eigenvalue weighted by Gasteiger charge is -2.25. The van der Waals surface area contributed by atoms with Crippen LogP contribution in [0, 0.1) is 5.82 Å². The second-order valence-corrected chi connectivity index (χ2v) is 4.91. The topological polar surface area (TPSA) is 28.5 Å². The Morgan fingerprint density at radius 2 is 2.00 bits per heavy atom. The van der Waals surface area contributed by atoms with Crippen molar-refractivity contribution in [3.63, 3.8) is 0 Å². The molecule has 0 amide bonds. The van der Waals surface area contributed by atoms with Gasteiger partial charge in [0.15, 0.2) is 11.6 Å². The molecule has 0 radical (unpaired) electrons. The molecule has 3 nitrogen and oxygen atoms in total. The van der Waals surface area contributed by atoms with Crippen LogP contribution in [0.2, 0.25) is 0 Å². The summed E-state index contributed by atoms with van der Waals surface area (Å²) in [6, 6.07) is 10.3. The second-order valence-electron chi connectivity index (χ2n) is 4.50. The summed E-state index contributed by atoms with van der Waals surface area (Å²) >= 11 is 5.46. The summed E-state index contributed by atoms with van der Waals surface area (Å²) in [5.41, 5.74) is 1.69. The molecule has 1 aliphatic rings. The number of aromatic nitrogens is 1. The molecule has 2 heterocycles. The van der Waals surface area contributed by atoms with E-state index in [-0.39, 0.29) is 11.9 Å². The van der Waals surface area contributed by atoms with E-state index in [1.54, 1.807) is 23.4 Å². The number of fused-ring (bicyclic) bond motifs is 1. The maximum absolute atomic E-state index is 14.1. The lowest BCUT2D eigenvalue weighted by atomic mass is 10.1. The summed E-state index contributed by atoms with van der Waals surface area (Å²) in [5.74, 6) is -0.193. The highest BCUT2D eigenvalue weighted by atomic mass is 32.1. The fraction of sp³-hybridized carbons (Fsp3) is 0.133. The van der Waals surface area contributed by atoms with Crippen molar-refractivity contribution >= 4 is 34.9 Å². The van der Waals surface area contributed by atoms with Gasteiger partial charge in [-0.25, -0.2) is 9.37 Å². The SMILES string of the molecule is CC1N=Cc2ccccc2N(c2ncccc2F)C1=S. The quantitative estimate of drug-likeness (QED) is 0.751. The maximum atomic E-state index is 14.1. The highest BCUT2D eigenvalue weighted by molar-refractivity contribution is 7.80. The summed E-state index contributed by atoms with van der Waals surface area (Å²) in [6.07, 6.45) is 3.33. The van der Waals surface area contributed by atoms with E-state index in [9.17, 15) is 4.39 Å². The van der Waals surface area contributed by atoms with E-state index in [2.05, 4.69) is 9.98 Å². The molecule has 100 valence electrons. The summed E-state index contributed by atoms with van der Waals surface area (Å²) in [7, 11) is 0. The number of nitrogens with zero attached hydrogens (tertiary/aromatic N) is 3. The first-order valence-electron chi connectivity index (χ1n) is 6.25. The number of rotatable bonds is 1. The standard InChI is InChI=1S/C15H12FN3S/c1-10-15(20)19(14-12(16)6-4-8-17-14)13-7-3-2-5-11(13)9-18-10/h2-10H,1H3. The number of pyridine rings is 1. The lowest BCUT2D eigenvalue weighted by molar-refractivity contribution is 0.623. The van der Waals surface area contributed by atoms with Crippen LogP contribution in [0.15, 0.2) is 47.6 Å². The Hall–Kier alpha value is -2.14. The molecule has 1 atom stereocenters. The van der Waals surface area contributed by atoms with E-state index in [1.807, 2.05) is 31.2 Å². The van der Waals surface area contributed by atoms with E-state index in [0.717, 1.165) is 11.3 Å². The van der Waals surface area contributed by atoms with Crippen LogP contribution in [-0.4, -0.2) is 22.2 Å². The van der Waals surface area contributed by atoms with E-state index >= 15 is 0 Å². The van der Waals surface area contributed by atoms with Gasteiger partial charge < -0.3 is 0 Å². The Kier molecular flexibility index (Phi) is 3.28. The largest absolute Gasteiger partial charge is 0.284 e. The molecule has 2 aromatic rings. The van der Waals surface area contributed by atoms with Crippen LogP contribution < -0.4 is 4.90 Å². The predicted octanol–water partition coefficient (Wildman–Crippen LogP) is 3.51. The molecule has 0 saturated heterocycles. The van der Waals surface area contributed by atoms with Gasteiger partial charge in [0.05, 0.1) is 11.7 Å². The average Bonchev–Trinajstić information content (AvgIpc) is 2.59. The smallest absolute Gasteiger partial charge is 0.174 e. The van der Waals surface area contributed by atoms with Crippen molar-refractivity contribution in [2.45, 2.75) is 13.0 Å². The van der Waals surface area contributed by atoms with Crippen LogP contribution in [0.3, 0.4) is 0 Å². The minimum atomic E-state index is -0.404. The molecule has 1 aromatic heterocycles. The van der Waals surface area contributed by atoms with Crippen LogP contribution in [0.4, 0.5) is 15.9 Å². The second kappa shape index (κ2) is 5.09. The molecule has 20 heavy (non-hydrogen) atoms.